The van der Waals surface area contributed by atoms with Gasteiger partial charge in [0.25, 0.3) is 11.8 Å². The molecule has 0 atom stereocenters. The Morgan fingerprint density at radius 3 is 2.21 bits per heavy atom. The number of carbonyl (C=O) groups excluding carboxylic acids is 2. The van der Waals surface area contributed by atoms with Crippen LogP contribution in [0, 0.1) is 6.92 Å². The quantitative estimate of drug-likeness (QED) is 0.646. The van der Waals surface area contributed by atoms with Crippen LogP contribution in [0.1, 0.15) is 46.5 Å². The van der Waals surface area contributed by atoms with E-state index in [2.05, 4.69) is 25.9 Å². The van der Waals surface area contributed by atoms with E-state index in [0.29, 0.717) is 31.7 Å². The van der Waals surface area contributed by atoms with Gasteiger partial charge in [-0.2, -0.15) is 5.10 Å². The Morgan fingerprint density at radius 1 is 1.00 bits per heavy atom. The van der Waals surface area contributed by atoms with Crippen molar-refractivity contribution < 1.29 is 9.59 Å². The third kappa shape index (κ3) is 3.79. The monoisotopic (exact) mass is 410 g/mol. The van der Waals surface area contributed by atoms with E-state index in [1.54, 1.807) is 0 Å². The van der Waals surface area contributed by atoms with Gasteiger partial charge in [0.15, 0.2) is 0 Å². The van der Waals surface area contributed by atoms with Crippen LogP contribution in [0.2, 0.25) is 0 Å². The maximum absolute atomic E-state index is 13.0. The lowest BCUT2D eigenvalue weighted by Crippen LogP contribution is -2.50. The molecule has 2 aromatic heterocycles. The lowest BCUT2D eigenvalue weighted by molar-refractivity contribution is 0.0537. The lowest BCUT2D eigenvalue weighted by Gasteiger charge is -2.34. The number of thiophene rings is 1. The SMILES string of the molecule is Cc1nn(C(C)(C)C)cc1C(=O)N1CCN(C(=O)c2cc3ccccc3s2)CC1. The van der Waals surface area contributed by atoms with Crippen LogP contribution in [0.4, 0.5) is 0 Å². The molecule has 0 bridgehead atoms. The van der Waals surface area contributed by atoms with Gasteiger partial charge in [0, 0.05) is 37.1 Å². The van der Waals surface area contributed by atoms with Crippen molar-refractivity contribution in [2.45, 2.75) is 33.2 Å². The van der Waals surface area contributed by atoms with Gasteiger partial charge in [-0.15, -0.1) is 11.3 Å². The van der Waals surface area contributed by atoms with Crippen LogP contribution in [0.15, 0.2) is 36.5 Å². The number of carbonyl (C=O) groups is 2. The van der Waals surface area contributed by atoms with Gasteiger partial charge in [0.05, 0.1) is 21.7 Å². The zero-order valence-corrected chi connectivity index (χ0v) is 18.1. The summed E-state index contributed by atoms with van der Waals surface area (Å²) in [4.78, 5) is 30.3. The Labute approximate surface area is 174 Å². The van der Waals surface area contributed by atoms with Crippen LogP contribution in [0.5, 0.6) is 0 Å². The van der Waals surface area contributed by atoms with Crippen LogP contribution >= 0.6 is 11.3 Å². The maximum atomic E-state index is 13.0. The molecule has 0 N–H and O–H groups in total. The number of fused-ring (bicyclic) bond motifs is 1. The number of piperazine rings is 1. The fourth-order valence-corrected chi connectivity index (χ4v) is 4.57. The average molecular weight is 411 g/mol. The molecule has 6 nitrogen and oxygen atoms in total. The first-order chi connectivity index (χ1) is 13.7. The standard InChI is InChI=1S/C22H26N4O2S/c1-15-17(14-26(23-15)22(2,3)4)20(27)24-9-11-25(12-10-24)21(28)19-13-16-7-5-6-8-18(16)29-19/h5-8,13-14H,9-12H2,1-4H3. The normalized spacial score (nSPS) is 15.2. The minimum atomic E-state index is -0.168. The Hall–Kier alpha value is -2.67. The van der Waals surface area contributed by atoms with E-state index in [1.165, 1.54) is 11.3 Å². The third-order valence-electron chi connectivity index (χ3n) is 5.31. The van der Waals surface area contributed by atoms with E-state index < -0.39 is 0 Å². The number of aromatic nitrogens is 2. The molecule has 0 spiro atoms. The maximum Gasteiger partial charge on any atom is 0.264 e. The topological polar surface area (TPSA) is 58.4 Å². The lowest BCUT2D eigenvalue weighted by atomic mass is 10.1. The van der Waals surface area contributed by atoms with Crippen molar-refractivity contribution in [2.75, 3.05) is 26.2 Å². The molecular formula is C22H26N4O2S. The number of rotatable bonds is 2. The molecule has 1 aromatic carbocycles. The Bertz CT molecular complexity index is 1040. The van der Waals surface area contributed by atoms with Crippen molar-refractivity contribution in [3.05, 3.63) is 52.7 Å². The summed E-state index contributed by atoms with van der Waals surface area (Å²) in [5.74, 6) is 0.0435. The molecule has 1 fully saturated rings. The van der Waals surface area contributed by atoms with Gasteiger partial charge < -0.3 is 9.80 Å². The molecule has 1 saturated heterocycles. The van der Waals surface area contributed by atoms with Crippen molar-refractivity contribution >= 4 is 33.2 Å². The Balaban J connectivity index is 1.43. The minimum absolute atomic E-state index is 0.00744. The van der Waals surface area contributed by atoms with E-state index in [9.17, 15) is 9.59 Å². The van der Waals surface area contributed by atoms with Gasteiger partial charge in [0.1, 0.15) is 0 Å². The highest BCUT2D eigenvalue weighted by Gasteiger charge is 2.28. The summed E-state index contributed by atoms with van der Waals surface area (Å²) >= 11 is 1.53. The molecule has 1 aliphatic rings. The van der Waals surface area contributed by atoms with Crippen molar-refractivity contribution in [1.82, 2.24) is 19.6 Å². The van der Waals surface area contributed by atoms with Crippen molar-refractivity contribution in [3.63, 3.8) is 0 Å². The zero-order chi connectivity index (χ0) is 20.8. The Kier molecular flexibility index (Phi) is 4.94. The van der Waals surface area contributed by atoms with E-state index in [-0.39, 0.29) is 17.4 Å². The van der Waals surface area contributed by atoms with E-state index >= 15 is 0 Å². The fourth-order valence-electron chi connectivity index (χ4n) is 3.54. The molecule has 3 aromatic rings. The molecule has 152 valence electrons. The first-order valence-electron chi connectivity index (χ1n) is 9.88. The number of hydrogen-bond acceptors (Lipinski definition) is 4. The zero-order valence-electron chi connectivity index (χ0n) is 17.3. The van der Waals surface area contributed by atoms with Gasteiger partial charge in [-0.1, -0.05) is 18.2 Å². The predicted molar refractivity (Wildman–Crippen MR) is 116 cm³/mol. The molecular weight excluding hydrogens is 384 g/mol. The minimum Gasteiger partial charge on any atom is -0.335 e. The highest BCUT2D eigenvalue weighted by Crippen LogP contribution is 2.27. The van der Waals surface area contributed by atoms with Crippen LogP contribution in [0.3, 0.4) is 0 Å². The van der Waals surface area contributed by atoms with Crippen LogP contribution in [0.25, 0.3) is 10.1 Å². The summed E-state index contributed by atoms with van der Waals surface area (Å²) < 4.78 is 2.97. The highest BCUT2D eigenvalue weighted by molar-refractivity contribution is 7.20. The molecule has 0 unspecified atom stereocenters. The first-order valence-corrected chi connectivity index (χ1v) is 10.7. The molecule has 4 rings (SSSR count). The predicted octanol–water partition coefficient (Wildman–Crippen LogP) is 3.76. The second kappa shape index (κ2) is 7.30. The van der Waals surface area contributed by atoms with Gasteiger partial charge in [-0.3, -0.25) is 14.3 Å². The van der Waals surface area contributed by atoms with Crippen molar-refractivity contribution in [2.24, 2.45) is 0 Å². The number of hydrogen-bond donors (Lipinski definition) is 0. The van der Waals surface area contributed by atoms with Gasteiger partial charge in [-0.25, -0.2) is 0 Å². The smallest absolute Gasteiger partial charge is 0.264 e. The molecule has 3 heterocycles. The second-order valence-corrected chi connectivity index (χ2v) is 9.56. The molecule has 0 aliphatic carbocycles. The number of amides is 2. The van der Waals surface area contributed by atoms with E-state index in [1.807, 2.05) is 57.9 Å². The second-order valence-electron chi connectivity index (χ2n) is 8.48. The highest BCUT2D eigenvalue weighted by atomic mass is 32.1. The molecule has 1 aliphatic heterocycles. The fraction of sp³-hybridized carbons (Fsp3) is 0.409. The third-order valence-corrected chi connectivity index (χ3v) is 6.41. The summed E-state index contributed by atoms with van der Waals surface area (Å²) in [5.41, 5.74) is 1.22. The average Bonchev–Trinajstić information content (AvgIpc) is 3.30. The molecule has 0 radical (unpaired) electrons. The van der Waals surface area contributed by atoms with Crippen LogP contribution in [-0.2, 0) is 5.54 Å². The summed E-state index contributed by atoms with van der Waals surface area (Å²) in [5, 5.41) is 5.61. The molecule has 2 amide bonds. The van der Waals surface area contributed by atoms with Gasteiger partial charge in [-0.05, 0) is 45.2 Å². The van der Waals surface area contributed by atoms with Crippen molar-refractivity contribution in [1.29, 1.82) is 0 Å². The molecule has 7 heteroatoms. The van der Waals surface area contributed by atoms with Crippen LogP contribution < -0.4 is 0 Å². The number of nitrogens with zero attached hydrogens (tertiary/aromatic N) is 4. The summed E-state index contributed by atoms with van der Waals surface area (Å²) in [6.45, 7) is 10.2. The number of aryl methyl sites for hydroxylation is 1. The van der Waals surface area contributed by atoms with Gasteiger partial charge in [0.2, 0.25) is 0 Å². The first kappa shape index (κ1) is 19.6. The Morgan fingerprint density at radius 2 is 1.62 bits per heavy atom. The largest absolute Gasteiger partial charge is 0.335 e. The molecule has 0 saturated carbocycles. The van der Waals surface area contributed by atoms with E-state index in [0.717, 1.165) is 20.7 Å². The van der Waals surface area contributed by atoms with Gasteiger partial charge >= 0.3 is 0 Å². The number of benzene rings is 1. The van der Waals surface area contributed by atoms with Crippen molar-refractivity contribution in [3.8, 4) is 0 Å². The summed E-state index contributed by atoms with van der Waals surface area (Å²) in [6.07, 6.45) is 1.84. The molecule has 29 heavy (non-hydrogen) atoms. The summed E-state index contributed by atoms with van der Waals surface area (Å²) in [6, 6.07) is 10.00. The summed E-state index contributed by atoms with van der Waals surface area (Å²) in [7, 11) is 0. The van der Waals surface area contributed by atoms with Crippen LogP contribution in [-0.4, -0.2) is 57.6 Å². The van der Waals surface area contributed by atoms with E-state index in [4.69, 9.17) is 0 Å².